The van der Waals surface area contributed by atoms with Crippen LogP contribution in [0.3, 0.4) is 0 Å². The van der Waals surface area contributed by atoms with Crippen LogP contribution in [0.25, 0.3) is 0 Å². The summed E-state index contributed by atoms with van der Waals surface area (Å²) in [5.41, 5.74) is 0.251. The predicted octanol–water partition coefficient (Wildman–Crippen LogP) is 5.52. The lowest BCUT2D eigenvalue weighted by Crippen LogP contribution is -2.32. The molecular formula is C13H18Br2OS. The van der Waals surface area contributed by atoms with Crippen molar-refractivity contribution < 1.29 is 5.11 Å². The van der Waals surface area contributed by atoms with Gasteiger partial charge >= 0.3 is 0 Å². The van der Waals surface area contributed by atoms with E-state index in [0.717, 1.165) is 19.6 Å². The van der Waals surface area contributed by atoms with Gasteiger partial charge in [-0.25, -0.2) is 0 Å². The Morgan fingerprint density at radius 2 is 2.12 bits per heavy atom. The molecule has 1 fully saturated rings. The molecule has 1 aromatic heterocycles. The number of halogens is 2. The van der Waals surface area contributed by atoms with Crippen molar-refractivity contribution in [2.24, 2.45) is 11.3 Å². The van der Waals surface area contributed by atoms with E-state index in [-0.39, 0.29) is 11.5 Å². The number of hydrogen-bond acceptors (Lipinski definition) is 2. The van der Waals surface area contributed by atoms with E-state index in [1.165, 1.54) is 19.3 Å². The maximum Gasteiger partial charge on any atom is 0.0915 e. The molecule has 2 unspecified atom stereocenters. The Kier molecular flexibility index (Phi) is 4.39. The number of thiophene rings is 1. The molecule has 4 heteroatoms. The lowest BCUT2D eigenvalue weighted by molar-refractivity contribution is 0.00587. The van der Waals surface area contributed by atoms with E-state index in [1.807, 2.05) is 6.07 Å². The van der Waals surface area contributed by atoms with E-state index in [4.69, 9.17) is 0 Å². The van der Waals surface area contributed by atoms with Gasteiger partial charge in [0.1, 0.15) is 0 Å². The standard InChI is InChI=1S/C13H18Br2OS/c1-13(2)6-4-3-5-8(13)11(16)10-7-9(14)12(15)17-10/h7-8,11,16H,3-6H2,1-2H3. The smallest absolute Gasteiger partial charge is 0.0915 e. The molecular weight excluding hydrogens is 364 g/mol. The summed E-state index contributed by atoms with van der Waals surface area (Å²) >= 11 is 8.62. The van der Waals surface area contributed by atoms with Crippen molar-refractivity contribution in [2.75, 3.05) is 0 Å². The summed E-state index contributed by atoms with van der Waals surface area (Å²) in [6.07, 6.45) is 4.59. The molecule has 0 radical (unpaired) electrons. The normalized spacial score (nSPS) is 25.8. The Labute approximate surface area is 124 Å². The number of aliphatic hydroxyl groups excluding tert-OH is 1. The minimum atomic E-state index is -0.321. The van der Waals surface area contributed by atoms with Gasteiger partial charge in [0.05, 0.1) is 9.89 Å². The van der Waals surface area contributed by atoms with Crippen LogP contribution in [0.2, 0.25) is 0 Å². The van der Waals surface area contributed by atoms with Crippen LogP contribution >= 0.6 is 43.2 Å². The van der Waals surface area contributed by atoms with E-state index in [1.54, 1.807) is 11.3 Å². The van der Waals surface area contributed by atoms with Crippen molar-refractivity contribution in [1.82, 2.24) is 0 Å². The van der Waals surface area contributed by atoms with Gasteiger partial charge in [-0.05, 0) is 62.1 Å². The molecule has 0 amide bonds. The molecule has 1 saturated carbocycles. The molecule has 1 aliphatic rings. The second-order valence-corrected chi connectivity index (χ2v) is 8.81. The van der Waals surface area contributed by atoms with Gasteiger partial charge in [-0.3, -0.25) is 0 Å². The van der Waals surface area contributed by atoms with Crippen molar-refractivity contribution in [3.63, 3.8) is 0 Å². The van der Waals surface area contributed by atoms with Crippen molar-refractivity contribution >= 4 is 43.2 Å². The Balaban J connectivity index is 2.21. The molecule has 96 valence electrons. The van der Waals surface area contributed by atoms with Gasteiger partial charge in [-0.2, -0.15) is 0 Å². The van der Waals surface area contributed by atoms with E-state index in [0.29, 0.717) is 5.92 Å². The second kappa shape index (κ2) is 5.32. The topological polar surface area (TPSA) is 20.2 Å². The molecule has 0 saturated heterocycles. The van der Waals surface area contributed by atoms with Crippen LogP contribution in [0.1, 0.15) is 50.5 Å². The fourth-order valence-corrected chi connectivity index (χ4v) is 4.95. The third-order valence-electron chi connectivity index (χ3n) is 3.93. The van der Waals surface area contributed by atoms with Crippen molar-refractivity contribution in [2.45, 2.75) is 45.6 Å². The SMILES string of the molecule is CC1(C)CCCCC1C(O)c1cc(Br)c(Br)s1. The van der Waals surface area contributed by atoms with Crippen LogP contribution in [0.4, 0.5) is 0 Å². The summed E-state index contributed by atoms with van der Waals surface area (Å²) in [4.78, 5) is 1.07. The number of hydrogen-bond donors (Lipinski definition) is 1. The minimum Gasteiger partial charge on any atom is -0.387 e. The molecule has 1 aliphatic carbocycles. The largest absolute Gasteiger partial charge is 0.387 e. The van der Waals surface area contributed by atoms with Crippen molar-refractivity contribution in [3.05, 3.63) is 19.2 Å². The lowest BCUT2D eigenvalue weighted by atomic mass is 9.66. The summed E-state index contributed by atoms with van der Waals surface area (Å²) in [6, 6.07) is 2.05. The maximum atomic E-state index is 10.6. The highest BCUT2D eigenvalue weighted by Gasteiger charge is 2.38. The van der Waals surface area contributed by atoms with E-state index in [9.17, 15) is 5.11 Å². The first kappa shape index (κ1) is 14.0. The summed E-state index contributed by atoms with van der Waals surface area (Å²) in [5, 5.41) is 10.6. The predicted molar refractivity (Wildman–Crippen MR) is 80.4 cm³/mol. The molecule has 2 rings (SSSR count). The molecule has 2 atom stereocenters. The molecule has 1 N–H and O–H groups in total. The third kappa shape index (κ3) is 2.96. The summed E-state index contributed by atoms with van der Waals surface area (Å²) < 4.78 is 2.12. The maximum absolute atomic E-state index is 10.6. The fourth-order valence-electron chi connectivity index (χ4n) is 2.81. The molecule has 0 aromatic carbocycles. The first-order valence-electron chi connectivity index (χ1n) is 6.04. The van der Waals surface area contributed by atoms with Crippen LogP contribution < -0.4 is 0 Å². The van der Waals surface area contributed by atoms with E-state index < -0.39 is 0 Å². The summed E-state index contributed by atoms with van der Waals surface area (Å²) in [7, 11) is 0. The average Bonchev–Trinajstić information content (AvgIpc) is 2.58. The van der Waals surface area contributed by atoms with Gasteiger partial charge in [-0.15, -0.1) is 11.3 Å². The van der Waals surface area contributed by atoms with Crippen molar-refractivity contribution in [1.29, 1.82) is 0 Å². The highest BCUT2D eigenvalue weighted by Crippen LogP contribution is 2.49. The average molecular weight is 382 g/mol. The van der Waals surface area contributed by atoms with Crippen LogP contribution in [0.5, 0.6) is 0 Å². The highest BCUT2D eigenvalue weighted by atomic mass is 79.9. The zero-order valence-electron chi connectivity index (χ0n) is 10.2. The van der Waals surface area contributed by atoms with Gasteiger partial charge in [0.25, 0.3) is 0 Å². The number of aliphatic hydroxyl groups is 1. The lowest BCUT2D eigenvalue weighted by Gasteiger charge is -2.41. The molecule has 17 heavy (non-hydrogen) atoms. The zero-order valence-corrected chi connectivity index (χ0v) is 14.2. The zero-order chi connectivity index (χ0) is 12.6. The Morgan fingerprint density at radius 3 is 2.65 bits per heavy atom. The fraction of sp³-hybridized carbons (Fsp3) is 0.692. The first-order valence-corrected chi connectivity index (χ1v) is 8.45. The van der Waals surface area contributed by atoms with Gasteiger partial charge in [0, 0.05) is 9.35 Å². The Bertz CT molecular complexity index is 381. The quantitative estimate of drug-likeness (QED) is 0.714. The van der Waals surface area contributed by atoms with Crippen LogP contribution in [-0.2, 0) is 0 Å². The molecule has 0 bridgehead atoms. The van der Waals surface area contributed by atoms with Gasteiger partial charge in [0.2, 0.25) is 0 Å². The van der Waals surface area contributed by atoms with Crippen LogP contribution in [0.15, 0.2) is 14.3 Å². The monoisotopic (exact) mass is 380 g/mol. The van der Waals surface area contributed by atoms with E-state index in [2.05, 4.69) is 45.7 Å². The molecule has 1 heterocycles. The number of rotatable bonds is 2. The van der Waals surface area contributed by atoms with Gasteiger partial charge in [-0.1, -0.05) is 26.7 Å². The highest BCUT2D eigenvalue weighted by molar-refractivity contribution is 9.13. The van der Waals surface area contributed by atoms with Crippen LogP contribution in [-0.4, -0.2) is 5.11 Å². The van der Waals surface area contributed by atoms with Gasteiger partial charge in [0.15, 0.2) is 0 Å². The molecule has 1 nitrogen and oxygen atoms in total. The summed E-state index contributed by atoms with van der Waals surface area (Å²) in [6.45, 7) is 4.58. The van der Waals surface area contributed by atoms with E-state index >= 15 is 0 Å². The minimum absolute atomic E-state index is 0.251. The van der Waals surface area contributed by atoms with Gasteiger partial charge < -0.3 is 5.11 Å². The van der Waals surface area contributed by atoms with Crippen molar-refractivity contribution in [3.8, 4) is 0 Å². The third-order valence-corrected chi connectivity index (χ3v) is 7.25. The second-order valence-electron chi connectivity index (χ2n) is 5.56. The Morgan fingerprint density at radius 1 is 1.41 bits per heavy atom. The molecule has 0 spiro atoms. The molecule has 1 aromatic rings. The van der Waals surface area contributed by atoms with Crippen LogP contribution in [0, 0.1) is 11.3 Å². The Hall–Kier alpha value is 0.620. The molecule has 0 aliphatic heterocycles. The first-order chi connectivity index (χ1) is 7.92. The summed E-state index contributed by atoms with van der Waals surface area (Å²) in [5.74, 6) is 0.383.